The van der Waals surface area contributed by atoms with E-state index in [-0.39, 0.29) is 17.9 Å². The Morgan fingerprint density at radius 3 is 2.47 bits per heavy atom. The summed E-state index contributed by atoms with van der Waals surface area (Å²) >= 11 is 0. The highest BCUT2D eigenvalue weighted by Gasteiger charge is 2.24. The number of carbonyl (C=O) groups excluding carboxylic acids is 2. The number of benzene rings is 2. The number of nitrogens with zero attached hydrogens (tertiary/aromatic N) is 1. The van der Waals surface area contributed by atoms with E-state index >= 15 is 0 Å². The van der Waals surface area contributed by atoms with Crippen molar-refractivity contribution in [1.82, 2.24) is 4.90 Å². The second-order valence-corrected chi connectivity index (χ2v) is 7.58. The predicted molar refractivity (Wildman–Crippen MR) is 121 cm³/mol. The summed E-state index contributed by atoms with van der Waals surface area (Å²) in [5, 5.41) is 2.85. The van der Waals surface area contributed by atoms with Crippen molar-refractivity contribution in [3.8, 4) is 5.75 Å². The van der Waals surface area contributed by atoms with Gasteiger partial charge in [0.05, 0.1) is 17.9 Å². The minimum absolute atomic E-state index is 0.0479. The molecule has 0 heterocycles. The summed E-state index contributed by atoms with van der Waals surface area (Å²) in [6, 6.07) is 15.0. The zero-order valence-corrected chi connectivity index (χ0v) is 17.8. The van der Waals surface area contributed by atoms with Gasteiger partial charge in [0.25, 0.3) is 5.91 Å². The normalized spacial score (nSPS) is 14.5. The number of rotatable bonds is 7. The quantitative estimate of drug-likeness (QED) is 0.648. The molecule has 3 rings (SSSR count). The third kappa shape index (κ3) is 5.72. The molecule has 2 amide bonds. The Hall–Kier alpha value is -3.08. The summed E-state index contributed by atoms with van der Waals surface area (Å²) in [4.78, 5) is 27.3. The van der Waals surface area contributed by atoms with Gasteiger partial charge in [-0.3, -0.25) is 9.59 Å². The van der Waals surface area contributed by atoms with Gasteiger partial charge in [0.15, 0.2) is 0 Å². The molecule has 0 atom stereocenters. The highest BCUT2D eigenvalue weighted by atomic mass is 16.5. The molecule has 1 aliphatic rings. The van der Waals surface area contributed by atoms with Crippen molar-refractivity contribution >= 4 is 23.6 Å². The number of hydrogen-bond donors (Lipinski definition) is 1. The Labute approximate surface area is 178 Å². The molecule has 0 bridgehead atoms. The van der Waals surface area contributed by atoms with E-state index in [2.05, 4.69) is 5.32 Å². The van der Waals surface area contributed by atoms with Crippen LogP contribution in [0.25, 0.3) is 6.08 Å². The van der Waals surface area contributed by atoms with E-state index in [4.69, 9.17) is 4.74 Å². The van der Waals surface area contributed by atoms with Crippen LogP contribution < -0.4 is 10.1 Å². The van der Waals surface area contributed by atoms with Gasteiger partial charge in [0.2, 0.25) is 5.91 Å². The molecule has 1 aliphatic carbocycles. The molecule has 1 fully saturated rings. The molecule has 0 aliphatic heterocycles. The molecule has 0 radical (unpaired) electrons. The molecule has 30 heavy (non-hydrogen) atoms. The van der Waals surface area contributed by atoms with Gasteiger partial charge in [-0.1, -0.05) is 43.5 Å². The van der Waals surface area contributed by atoms with E-state index in [1.807, 2.05) is 55.3 Å². The van der Waals surface area contributed by atoms with Gasteiger partial charge in [-0.25, -0.2) is 0 Å². The van der Waals surface area contributed by atoms with Crippen LogP contribution in [0.2, 0.25) is 0 Å². The van der Waals surface area contributed by atoms with Gasteiger partial charge in [-0.2, -0.15) is 0 Å². The Balaban J connectivity index is 1.66. The molecule has 2 aromatic rings. The first kappa shape index (κ1) is 21.6. The number of amides is 2. The number of anilines is 1. The van der Waals surface area contributed by atoms with E-state index in [1.54, 1.807) is 18.2 Å². The van der Waals surface area contributed by atoms with Crippen LogP contribution >= 0.6 is 0 Å². The number of para-hydroxylation sites is 1. The van der Waals surface area contributed by atoms with E-state index in [1.165, 1.54) is 12.5 Å². The third-order valence-corrected chi connectivity index (χ3v) is 5.48. The van der Waals surface area contributed by atoms with Crippen molar-refractivity contribution in [3.05, 3.63) is 65.7 Å². The number of carbonyl (C=O) groups is 2. The summed E-state index contributed by atoms with van der Waals surface area (Å²) in [6.07, 6.45) is 8.87. The maximum absolute atomic E-state index is 13.1. The van der Waals surface area contributed by atoms with Gasteiger partial charge in [-0.05, 0) is 55.7 Å². The second kappa shape index (κ2) is 10.6. The Kier molecular flexibility index (Phi) is 7.66. The van der Waals surface area contributed by atoms with Gasteiger partial charge < -0.3 is 15.0 Å². The van der Waals surface area contributed by atoms with Crippen LogP contribution in [0.15, 0.2) is 54.6 Å². The topological polar surface area (TPSA) is 58.6 Å². The molecule has 0 unspecified atom stereocenters. The minimum Gasteiger partial charge on any atom is -0.494 e. The van der Waals surface area contributed by atoms with E-state index in [0.717, 1.165) is 37.0 Å². The largest absolute Gasteiger partial charge is 0.494 e. The summed E-state index contributed by atoms with van der Waals surface area (Å²) in [5.41, 5.74) is 1.95. The lowest BCUT2D eigenvalue weighted by Gasteiger charge is -2.31. The lowest BCUT2D eigenvalue weighted by molar-refractivity contribution is -0.111. The fourth-order valence-corrected chi connectivity index (χ4v) is 3.79. The smallest absolute Gasteiger partial charge is 0.255 e. The summed E-state index contributed by atoms with van der Waals surface area (Å²) in [6.45, 7) is 2.55. The molecule has 0 spiro atoms. The van der Waals surface area contributed by atoms with Crippen LogP contribution in [0.3, 0.4) is 0 Å². The highest BCUT2D eigenvalue weighted by molar-refractivity contribution is 6.07. The lowest BCUT2D eigenvalue weighted by Crippen LogP contribution is -2.38. The molecule has 5 nitrogen and oxygen atoms in total. The zero-order valence-electron chi connectivity index (χ0n) is 17.8. The molecular formula is C25H30N2O3. The summed E-state index contributed by atoms with van der Waals surface area (Å²) < 4.78 is 5.42. The molecule has 2 aromatic carbocycles. The summed E-state index contributed by atoms with van der Waals surface area (Å²) in [7, 11) is 1.86. The van der Waals surface area contributed by atoms with Crippen LogP contribution in [0, 0.1) is 0 Å². The molecule has 0 aromatic heterocycles. The van der Waals surface area contributed by atoms with E-state index in [0.29, 0.717) is 17.9 Å². The fourth-order valence-electron chi connectivity index (χ4n) is 3.79. The lowest BCUT2D eigenvalue weighted by atomic mass is 9.94. The Morgan fingerprint density at radius 1 is 1.07 bits per heavy atom. The fraction of sp³-hybridized carbons (Fsp3) is 0.360. The highest BCUT2D eigenvalue weighted by Crippen LogP contribution is 2.25. The maximum atomic E-state index is 13.1. The molecular weight excluding hydrogens is 376 g/mol. The maximum Gasteiger partial charge on any atom is 0.255 e. The standard InChI is InChI=1S/C25H30N2O3/c1-3-30-21-16-13-19(14-17-21)15-18-24(28)26-23-12-8-7-11-22(23)25(29)27(2)20-9-5-4-6-10-20/h7-8,11-18,20H,3-6,9-10H2,1-2H3,(H,26,28)/b18-15+. The van der Waals surface area contributed by atoms with Crippen molar-refractivity contribution in [2.24, 2.45) is 0 Å². The summed E-state index contributed by atoms with van der Waals surface area (Å²) in [5.74, 6) is 0.478. The van der Waals surface area contributed by atoms with Crippen molar-refractivity contribution in [1.29, 1.82) is 0 Å². The Bertz CT molecular complexity index is 884. The third-order valence-electron chi connectivity index (χ3n) is 5.48. The van der Waals surface area contributed by atoms with Gasteiger partial charge in [-0.15, -0.1) is 0 Å². The zero-order chi connectivity index (χ0) is 21.3. The monoisotopic (exact) mass is 406 g/mol. The molecule has 158 valence electrons. The van der Waals surface area contributed by atoms with Crippen LogP contribution in [-0.4, -0.2) is 36.4 Å². The molecule has 5 heteroatoms. The second-order valence-electron chi connectivity index (χ2n) is 7.58. The average molecular weight is 407 g/mol. The Morgan fingerprint density at radius 2 is 1.77 bits per heavy atom. The van der Waals surface area contributed by atoms with Gasteiger partial charge in [0.1, 0.15) is 5.75 Å². The SMILES string of the molecule is CCOc1ccc(/C=C/C(=O)Nc2ccccc2C(=O)N(C)C2CCCCC2)cc1. The first-order chi connectivity index (χ1) is 14.6. The number of hydrogen-bond acceptors (Lipinski definition) is 3. The predicted octanol–water partition coefficient (Wildman–Crippen LogP) is 5.14. The molecule has 0 saturated heterocycles. The van der Waals surface area contributed by atoms with Gasteiger partial charge in [0, 0.05) is 19.2 Å². The first-order valence-electron chi connectivity index (χ1n) is 10.7. The van der Waals surface area contributed by atoms with Crippen molar-refractivity contribution in [3.63, 3.8) is 0 Å². The van der Waals surface area contributed by atoms with E-state index in [9.17, 15) is 9.59 Å². The van der Waals surface area contributed by atoms with Crippen LogP contribution in [-0.2, 0) is 4.79 Å². The average Bonchev–Trinajstić information content (AvgIpc) is 2.79. The molecule has 1 N–H and O–H groups in total. The van der Waals surface area contributed by atoms with Crippen molar-refractivity contribution in [2.75, 3.05) is 19.0 Å². The van der Waals surface area contributed by atoms with Crippen LogP contribution in [0.1, 0.15) is 54.9 Å². The van der Waals surface area contributed by atoms with Gasteiger partial charge >= 0.3 is 0 Å². The molecule has 1 saturated carbocycles. The van der Waals surface area contributed by atoms with Crippen LogP contribution in [0.4, 0.5) is 5.69 Å². The minimum atomic E-state index is -0.274. The van der Waals surface area contributed by atoms with E-state index < -0.39 is 0 Å². The van der Waals surface area contributed by atoms with Crippen LogP contribution in [0.5, 0.6) is 5.75 Å². The number of ether oxygens (including phenoxy) is 1. The van der Waals surface area contributed by atoms with Crippen molar-refractivity contribution in [2.45, 2.75) is 45.1 Å². The number of nitrogens with one attached hydrogen (secondary N) is 1. The van der Waals surface area contributed by atoms with Crippen molar-refractivity contribution < 1.29 is 14.3 Å². The first-order valence-corrected chi connectivity index (χ1v) is 10.7.